The van der Waals surface area contributed by atoms with Gasteiger partial charge in [-0.2, -0.15) is 0 Å². The van der Waals surface area contributed by atoms with Crippen LogP contribution in [0, 0.1) is 6.92 Å². The number of aryl methyl sites for hydroxylation is 1. The molecule has 7 nitrogen and oxygen atoms in total. The number of hydrogen-bond acceptors (Lipinski definition) is 3. The number of piperidine rings is 1. The van der Waals surface area contributed by atoms with Crippen LogP contribution in [0.4, 0.5) is 10.5 Å². The molecule has 2 aromatic rings. The van der Waals surface area contributed by atoms with E-state index in [-0.39, 0.29) is 12.1 Å². The van der Waals surface area contributed by atoms with E-state index in [1.807, 2.05) is 31.2 Å². The summed E-state index contributed by atoms with van der Waals surface area (Å²) >= 11 is 5.97. The van der Waals surface area contributed by atoms with E-state index in [9.17, 15) is 14.4 Å². The van der Waals surface area contributed by atoms with Crippen LogP contribution in [0.5, 0.6) is 0 Å². The first-order chi connectivity index (χ1) is 15.4. The van der Waals surface area contributed by atoms with Gasteiger partial charge in [0, 0.05) is 49.5 Å². The Morgan fingerprint density at radius 2 is 1.72 bits per heavy atom. The minimum Gasteiger partial charge on any atom is -0.330 e. The summed E-state index contributed by atoms with van der Waals surface area (Å²) < 4.78 is 0. The second kappa shape index (κ2) is 9.61. The summed E-state index contributed by atoms with van der Waals surface area (Å²) in [4.78, 5) is 43.1. The molecule has 32 heavy (non-hydrogen) atoms. The van der Waals surface area contributed by atoms with Crippen LogP contribution >= 0.6 is 11.6 Å². The molecule has 4 amide bonds. The highest BCUT2D eigenvalue weighted by Crippen LogP contribution is 2.22. The van der Waals surface area contributed by atoms with Crippen molar-refractivity contribution < 1.29 is 14.4 Å². The normalized spacial score (nSPS) is 17.6. The lowest BCUT2D eigenvalue weighted by Gasteiger charge is -2.42. The molecule has 0 bridgehead atoms. The Hall–Kier alpha value is -3.06. The number of hydrogen-bond donors (Lipinski definition) is 1. The van der Waals surface area contributed by atoms with Crippen molar-refractivity contribution in [3.8, 4) is 0 Å². The van der Waals surface area contributed by atoms with Crippen LogP contribution in [-0.2, 0) is 16.1 Å². The standard InChI is InChI=1S/C24H27ClN4O3/c1-17-5-7-18(8-6-17)16-28-13-14-29(23(31)22(28)30)21-9-11-27(12-10-21)24(32)26-20-4-2-3-19(25)15-20/h2-8,15,21H,9-14,16H2,1H3,(H,26,32). The summed E-state index contributed by atoms with van der Waals surface area (Å²) in [5, 5.41) is 3.42. The molecule has 0 radical (unpaired) electrons. The first-order valence-corrected chi connectivity index (χ1v) is 11.3. The van der Waals surface area contributed by atoms with E-state index in [1.54, 1.807) is 39.0 Å². The number of nitrogens with one attached hydrogen (secondary N) is 1. The number of urea groups is 1. The van der Waals surface area contributed by atoms with Gasteiger partial charge in [0.2, 0.25) is 0 Å². The number of amides is 4. The first kappa shape index (κ1) is 22.1. The predicted octanol–water partition coefficient (Wildman–Crippen LogP) is 3.52. The minimum absolute atomic E-state index is 0.0248. The van der Waals surface area contributed by atoms with Gasteiger partial charge in [0.05, 0.1) is 0 Å². The molecule has 2 saturated heterocycles. The fraction of sp³-hybridized carbons (Fsp3) is 0.375. The van der Waals surface area contributed by atoms with Gasteiger partial charge in [0.1, 0.15) is 0 Å². The highest BCUT2D eigenvalue weighted by molar-refractivity contribution is 6.35. The van der Waals surface area contributed by atoms with Gasteiger partial charge in [-0.1, -0.05) is 47.5 Å². The number of halogens is 1. The Bertz CT molecular complexity index is 1000. The molecule has 0 aliphatic carbocycles. The van der Waals surface area contributed by atoms with Crippen LogP contribution in [-0.4, -0.2) is 64.8 Å². The molecule has 1 N–H and O–H groups in total. The third kappa shape index (κ3) is 5.05. The molecular weight excluding hydrogens is 428 g/mol. The summed E-state index contributed by atoms with van der Waals surface area (Å²) in [5.41, 5.74) is 2.83. The molecular formula is C24H27ClN4O3. The number of rotatable bonds is 4. The fourth-order valence-electron chi connectivity index (χ4n) is 4.25. The molecule has 2 heterocycles. The average Bonchev–Trinajstić information content (AvgIpc) is 2.79. The van der Waals surface area contributed by atoms with Gasteiger partial charge in [0.15, 0.2) is 0 Å². The number of carbonyl (C=O) groups is 3. The van der Waals surface area contributed by atoms with E-state index < -0.39 is 11.8 Å². The number of anilines is 1. The Kier molecular flexibility index (Phi) is 6.65. The minimum atomic E-state index is -0.446. The zero-order valence-corrected chi connectivity index (χ0v) is 18.8. The van der Waals surface area contributed by atoms with Gasteiger partial charge < -0.3 is 20.0 Å². The zero-order chi connectivity index (χ0) is 22.7. The van der Waals surface area contributed by atoms with E-state index in [0.29, 0.717) is 56.3 Å². The van der Waals surface area contributed by atoms with Gasteiger partial charge in [-0.25, -0.2) is 4.79 Å². The summed E-state index contributed by atoms with van der Waals surface area (Å²) in [6.45, 7) is 4.57. The van der Waals surface area contributed by atoms with Gasteiger partial charge >= 0.3 is 17.8 Å². The van der Waals surface area contributed by atoms with Crippen LogP contribution < -0.4 is 5.32 Å². The van der Waals surface area contributed by atoms with Crippen molar-refractivity contribution >= 4 is 35.1 Å². The Morgan fingerprint density at radius 1 is 1.00 bits per heavy atom. The number of likely N-dealkylation sites (tertiary alicyclic amines) is 1. The number of carbonyl (C=O) groups excluding carboxylic acids is 3. The largest absolute Gasteiger partial charge is 0.330 e. The van der Waals surface area contributed by atoms with Gasteiger partial charge in [-0.15, -0.1) is 0 Å². The fourth-order valence-corrected chi connectivity index (χ4v) is 4.44. The number of nitrogens with zero attached hydrogens (tertiary/aromatic N) is 3. The Labute approximate surface area is 192 Å². The summed E-state index contributed by atoms with van der Waals surface area (Å²) in [5.74, 6) is -0.886. The van der Waals surface area contributed by atoms with E-state index in [2.05, 4.69) is 5.32 Å². The maximum atomic E-state index is 12.8. The monoisotopic (exact) mass is 454 g/mol. The molecule has 0 saturated carbocycles. The molecule has 168 valence electrons. The summed E-state index contributed by atoms with van der Waals surface area (Å²) in [6, 6.07) is 14.8. The van der Waals surface area contributed by atoms with Crippen molar-refractivity contribution in [3.63, 3.8) is 0 Å². The van der Waals surface area contributed by atoms with Gasteiger partial charge in [-0.05, 0) is 43.5 Å². The lowest BCUT2D eigenvalue weighted by atomic mass is 10.0. The van der Waals surface area contributed by atoms with Crippen molar-refractivity contribution in [1.29, 1.82) is 0 Å². The molecule has 2 aliphatic heterocycles. The molecule has 2 fully saturated rings. The number of benzene rings is 2. The maximum absolute atomic E-state index is 12.8. The number of piperazine rings is 1. The van der Waals surface area contributed by atoms with E-state index in [0.717, 1.165) is 11.1 Å². The summed E-state index contributed by atoms with van der Waals surface area (Å²) in [6.07, 6.45) is 1.31. The lowest BCUT2D eigenvalue weighted by Crippen LogP contribution is -2.59. The third-order valence-corrected chi connectivity index (χ3v) is 6.34. The molecule has 0 aromatic heterocycles. The third-order valence-electron chi connectivity index (χ3n) is 6.10. The molecule has 0 spiro atoms. The van der Waals surface area contributed by atoms with Crippen molar-refractivity contribution in [1.82, 2.24) is 14.7 Å². The Balaban J connectivity index is 1.29. The predicted molar refractivity (Wildman–Crippen MR) is 123 cm³/mol. The van der Waals surface area contributed by atoms with Crippen molar-refractivity contribution in [2.45, 2.75) is 32.4 Å². The first-order valence-electron chi connectivity index (χ1n) is 10.9. The lowest BCUT2D eigenvalue weighted by molar-refractivity contribution is -0.158. The van der Waals surface area contributed by atoms with Crippen LogP contribution in [0.25, 0.3) is 0 Å². The van der Waals surface area contributed by atoms with Gasteiger partial charge in [0.25, 0.3) is 0 Å². The van der Waals surface area contributed by atoms with Gasteiger partial charge in [-0.3, -0.25) is 9.59 Å². The van der Waals surface area contributed by atoms with E-state index in [1.165, 1.54) is 0 Å². The smallest absolute Gasteiger partial charge is 0.321 e. The van der Waals surface area contributed by atoms with Crippen LogP contribution in [0.3, 0.4) is 0 Å². The van der Waals surface area contributed by atoms with Crippen LogP contribution in [0.15, 0.2) is 48.5 Å². The highest BCUT2D eigenvalue weighted by atomic mass is 35.5. The Morgan fingerprint density at radius 3 is 2.41 bits per heavy atom. The molecule has 0 atom stereocenters. The average molecular weight is 455 g/mol. The van der Waals surface area contributed by atoms with Crippen molar-refractivity contribution in [2.24, 2.45) is 0 Å². The molecule has 0 unspecified atom stereocenters. The zero-order valence-electron chi connectivity index (χ0n) is 18.1. The summed E-state index contributed by atoms with van der Waals surface area (Å²) in [7, 11) is 0. The molecule has 2 aliphatic rings. The molecule has 4 rings (SSSR count). The van der Waals surface area contributed by atoms with E-state index in [4.69, 9.17) is 11.6 Å². The highest BCUT2D eigenvalue weighted by Gasteiger charge is 2.38. The van der Waals surface area contributed by atoms with E-state index >= 15 is 0 Å². The van der Waals surface area contributed by atoms with Crippen molar-refractivity contribution in [3.05, 3.63) is 64.7 Å². The molecule has 2 aromatic carbocycles. The second-order valence-electron chi connectivity index (χ2n) is 8.37. The quantitative estimate of drug-likeness (QED) is 0.718. The maximum Gasteiger partial charge on any atom is 0.321 e. The topological polar surface area (TPSA) is 73.0 Å². The second-order valence-corrected chi connectivity index (χ2v) is 8.81. The van der Waals surface area contributed by atoms with Crippen molar-refractivity contribution in [2.75, 3.05) is 31.5 Å². The van der Waals surface area contributed by atoms with Crippen LogP contribution in [0.1, 0.15) is 24.0 Å². The SMILES string of the molecule is Cc1ccc(CN2CCN(C3CCN(C(=O)Nc4cccc(Cl)c4)CC3)C(=O)C2=O)cc1. The molecule has 8 heteroatoms. The van der Waals surface area contributed by atoms with Crippen LogP contribution in [0.2, 0.25) is 5.02 Å².